The van der Waals surface area contributed by atoms with Crippen molar-refractivity contribution in [3.8, 4) is 11.5 Å². The number of halogens is 2. The summed E-state index contributed by atoms with van der Waals surface area (Å²) in [6.07, 6.45) is 3.26. The summed E-state index contributed by atoms with van der Waals surface area (Å²) < 4.78 is 5.73. The molecule has 0 aliphatic heterocycles. The molecule has 0 aliphatic carbocycles. The Labute approximate surface area is 158 Å². The van der Waals surface area contributed by atoms with Gasteiger partial charge in [0.15, 0.2) is 5.58 Å². The normalized spacial score (nSPS) is 10.8. The lowest BCUT2D eigenvalue weighted by molar-refractivity contribution is 0.102. The lowest BCUT2D eigenvalue weighted by atomic mass is 10.1. The zero-order chi connectivity index (χ0) is 18.1. The number of amides is 1. The minimum atomic E-state index is -0.312. The molecule has 0 saturated heterocycles. The summed E-state index contributed by atoms with van der Waals surface area (Å²) in [6.45, 7) is 0. The van der Waals surface area contributed by atoms with Crippen LogP contribution in [-0.4, -0.2) is 15.9 Å². The van der Waals surface area contributed by atoms with E-state index in [1.165, 1.54) is 0 Å². The van der Waals surface area contributed by atoms with Crippen LogP contribution >= 0.6 is 23.2 Å². The Balaban J connectivity index is 1.67. The van der Waals surface area contributed by atoms with Gasteiger partial charge in [-0.15, -0.1) is 0 Å². The molecule has 4 aromatic rings. The molecule has 0 aliphatic rings. The number of nitrogens with zero attached hydrogens (tertiary/aromatic N) is 2. The smallest absolute Gasteiger partial charge is 0.255 e. The van der Waals surface area contributed by atoms with Gasteiger partial charge in [0.25, 0.3) is 5.91 Å². The van der Waals surface area contributed by atoms with Crippen molar-refractivity contribution < 1.29 is 9.21 Å². The average molecular weight is 384 g/mol. The van der Waals surface area contributed by atoms with E-state index < -0.39 is 0 Å². The molecule has 0 unspecified atom stereocenters. The maximum atomic E-state index is 12.4. The molecule has 2 aromatic carbocycles. The summed E-state index contributed by atoms with van der Waals surface area (Å²) in [6, 6.07) is 13.6. The van der Waals surface area contributed by atoms with Crippen LogP contribution in [0.3, 0.4) is 0 Å². The number of aromatic nitrogens is 2. The van der Waals surface area contributed by atoms with Gasteiger partial charge in [0.2, 0.25) is 5.89 Å². The topological polar surface area (TPSA) is 68.0 Å². The summed E-state index contributed by atoms with van der Waals surface area (Å²) >= 11 is 12.2. The number of oxazole rings is 1. The number of carbonyl (C=O) groups excluding carboxylic acids is 1. The molecule has 7 heteroatoms. The highest BCUT2D eigenvalue weighted by atomic mass is 35.5. The third kappa shape index (κ3) is 3.27. The van der Waals surface area contributed by atoms with Gasteiger partial charge in [-0.05, 0) is 36.4 Å². The molecule has 5 nitrogen and oxygen atoms in total. The first-order valence-electron chi connectivity index (χ1n) is 7.67. The van der Waals surface area contributed by atoms with Gasteiger partial charge in [-0.3, -0.25) is 9.78 Å². The second-order valence-electron chi connectivity index (χ2n) is 5.52. The molecule has 2 aromatic heterocycles. The van der Waals surface area contributed by atoms with Gasteiger partial charge < -0.3 is 9.73 Å². The van der Waals surface area contributed by atoms with E-state index in [4.69, 9.17) is 27.6 Å². The fourth-order valence-corrected chi connectivity index (χ4v) is 2.84. The molecule has 0 spiro atoms. The Hall–Kier alpha value is -2.89. The van der Waals surface area contributed by atoms with Crippen LogP contribution in [0.25, 0.3) is 22.6 Å². The van der Waals surface area contributed by atoms with E-state index in [0.717, 1.165) is 0 Å². The zero-order valence-corrected chi connectivity index (χ0v) is 14.8. The molecule has 1 amide bonds. The fraction of sp³-hybridized carbons (Fsp3) is 0. The first-order chi connectivity index (χ1) is 12.6. The molecule has 0 saturated carbocycles. The predicted molar refractivity (Wildman–Crippen MR) is 102 cm³/mol. The lowest BCUT2D eigenvalue weighted by Crippen LogP contribution is -2.12. The first kappa shape index (κ1) is 16.6. The van der Waals surface area contributed by atoms with Gasteiger partial charge >= 0.3 is 0 Å². The number of pyridine rings is 1. The van der Waals surface area contributed by atoms with E-state index in [9.17, 15) is 4.79 Å². The minimum Gasteiger partial charge on any atom is -0.436 e. The maximum absolute atomic E-state index is 12.4. The van der Waals surface area contributed by atoms with Gasteiger partial charge in [-0.25, -0.2) is 4.98 Å². The van der Waals surface area contributed by atoms with Crippen LogP contribution in [0.4, 0.5) is 5.69 Å². The van der Waals surface area contributed by atoms with Crippen molar-refractivity contribution in [2.24, 2.45) is 0 Å². The van der Waals surface area contributed by atoms with Crippen molar-refractivity contribution in [1.29, 1.82) is 0 Å². The molecule has 4 rings (SSSR count). The summed E-state index contributed by atoms with van der Waals surface area (Å²) in [5.74, 6) is 0.108. The Morgan fingerprint density at radius 2 is 1.96 bits per heavy atom. The lowest BCUT2D eigenvalue weighted by Gasteiger charge is -2.09. The summed E-state index contributed by atoms with van der Waals surface area (Å²) in [7, 11) is 0. The van der Waals surface area contributed by atoms with E-state index in [0.29, 0.717) is 43.9 Å². The molecule has 1 N–H and O–H groups in total. The molecular formula is C19H11Cl2N3O2. The number of anilines is 1. The van der Waals surface area contributed by atoms with Crippen LogP contribution in [0.1, 0.15) is 10.4 Å². The second-order valence-corrected chi connectivity index (χ2v) is 6.37. The number of hydrogen-bond donors (Lipinski definition) is 1. The minimum absolute atomic E-state index is 0.312. The number of hydrogen-bond acceptors (Lipinski definition) is 4. The molecule has 0 atom stereocenters. The molecule has 26 heavy (non-hydrogen) atoms. The predicted octanol–water partition coefficient (Wildman–Crippen LogP) is 5.45. The van der Waals surface area contributed by atoms with Gasteiger partial charge in [-0.1, -0.05) is 29.3 Å². The van der Waals surface area contributed by atoms with E-state index in [2.05, 4.69) is 15.3 Å². The molecule has 2 heterocycles. The zero-order valence-electron chi connectivity index (χ0n) is 13.2. The van der Waals surface area contributed by atoms with Crippen molar-refractivity contribution in [3.05, 3.63) is 76.5 Å². The molecule has 0 bridgehead atoms. The van der Waals surface area contributed by atoms with Crippen LogP contribution in [0, 0.1) is 0 Å². The molecule has 128 valence electrons. The molecule has 0 radical (unpaired) electrons. The van der Waals surface area contributed by atoms with E-state index in [-0.39, 0.29) is 5.91 Å². The van der Waals surface area contributed by atoms with Gasteiger partial charge in [0.05, 0.1) is 16.9 Å². The third-order valence-corrected chi connectivity index (χ3v) is 4.30. The van der Waals surface area contributed by atoms with Crippen molar-refractivity contribution in [2.45, 2.75) is 0 Å². The van der Waals surface area contributed by atoms with Crippen molar-refractivity contribution in [3.63, 3.8) is 0 Å². The van der Waals surface area contributed by atoms with Gasteiger partial charge in [0, 0.05) is 28.4 Å². The van der Waals surface area contributed by atoms with Gasteiger partial charge in [0.1, 0.15) is 5.52 Å². The summed E-state index contributed by atoms with van der Waals surface area (Å²) in [5, 5.41) is 3.67. The van der Waals surface area contributed by atoms with Crippen molar-refractivity contribution in [1.82, 2.24) is 9.97 Å². The Morgan fingerprint density at radius 1 is 1.08 bits per heavy atom. The largest absolute Gasteiger partial charge is 0.436 e. The summed E-state index contributed by atoms with van der Waals surface area (Å²) in [4.78, 5) is 20.9. The monoisotopic (exact) mass is 383 g/mol. The molecule has 0 fully saturated rings. The number of rotatable bonds is 3. The maximum Gasteiger partial charge on any atom is 0.255 e. The third-order valence-electron chi connectivity index (χ3n) is 3.74. The van der Waals surface area contributed by atoms with Crippen LogP contribution in [0.15, 0.2) is 65.3 Å². The second kappa shape index (κ2) is 6.78. The van der Waals surface area contributed by atoms with Crippen LogP contribution in [0.2, 0.25) is 10.0 Å². The number of nitrogens with one attached hydrogen (secondary N) is 1. The SMILES string of the molecule is O=C(Nc1cc(-c2nc3cnccc3o2)ccc1Cl)c1cccc(Cl)c1. The Morgan fingerprint density at radius 3 is 2.77 bits per heavy atom. The highest BCUT2D eigenvalue weighted by Gasteiger charge is 2.13. The number of carbonyl (C=O) groups is 1. The van der Waals surface area contributed by atoms with Crippen LogP contribution in [0.5, 0.6) is 0 Å². The van der Waals surface area contributed by atoms with Crippen molar-refractivity contribution in [2.75, 3.05) is 5.32 Å². The van der Waals surface area contributed by atoms with Gasteiger partial charge in [-0.2, -0.15) is 0 Å². The Bertz CT molecular complexity index is 1090. The summed E-state index contributed by atoms with van der Waals surface area (Å²) in [5.41, 5.74) is 2.87. The van der Waals surface area contributed by atoms with E-state index >= 15 is 0 Å². The Kier molecular flexibility index (Phi) is 4.32. The fourth-order valence-electron chi connectivity index (χ4n) is 2.48. The van der Waals surface area contributed by atoms with Crippen molar-refractivity contribution >= 4 is 45.9 Å². The first-order valence-corrected chi connectivity index (χ1v) is 8.43. The van der Waals surface area contributed by atoms with E-state index in [1.54, 1.807) is 60.9 Å². The highest BCUT2D eigenvalue weighted by molar-refractivity contribution is 6.34. The average Bonchev–Trinajstić information content (AvgIpc) is 3.07. The van der Waals surface area contributed by atoms with Crippen LogP contribution in [-0.2, 0) is 0 Å². The molecular weight excluding hydrogens is 373 g/mol. The standard InChI is InChI=1S/C19H11Cl2N3O2/c20-13-3-1-2-11(8-13)18(25)23-15-9-12(4-5-14(15)21)19-24-16-10-22-7-6-17(16)26-19/h1-10H,(H,23,25). The number of benzene rings is 2. The number of fused-ring (bicyclic) bond motifs is 1. The van der Waals surface area contributed by atoms with E-state index in [1.807, 2.05) is 0 Å². The quantitative estimate of drug-likeness (QED) is 0.510. The van der Waals surface area contributed by atoms with Crippen LogP contribution < -0.4 is 5.32 Å². The highest BCUT2D eigenvalue weighted by Crippen LogP contribution is 2.30.